The van der Waals surface area contributed by atoms with Gasteiger partial charge < -0.3 is 10.2 Å². The fourth-order valence-electron chi connectivity index (χ4n) is 4.09. The molecule has 32 heavy (non-hydrogen) atoms. The van der Waals surface area contributed by atoms with Crippen molar-refractivity contribution in [3.05, 3.63) is 71.8 Å². The third-order valence-corrected chi connectivity index (χ3v) is 7.42. The maximum absolute atomic E-state index is 12.3. The molecule has 0 spiro atoms. The van der Waals surface area contributed by atoms with Crippen molar-refractivity contribution in [2.24, 2.45) is 5.92 Å². The highest BCUT2D eigenvalue weighted by atomic mass is 32.2. The van der Waals surface area contributed by atoms with Crippen molar-refractivity contribution in [1.29, 1.82) is 0 Å². The first-order chi connectivity index (χ1) is 15.2. The third-order valence-electron chi connectivity index (χ3n) is 5.84. The van der Waals surface area contributed by atoms with Gasteiger partial charge in [0, 0.05) is 0 Å². The molecule has 7 nitrogen and oxygen atoms in total. The summed E-state index contributed by atoms with van der Waals surface area (Å²) in [6.45, 7) is 0. The number of rotatable bonds is 14. The van der Waals surface area contributed by atoms with Crippen molar-refractivity contribution in [3.63, 3.8) is 0 Å². The number of aryl methyl sites for hydroxylation is 2. The van der Waals surface area contributed by atoms with Gasteiger partial charge in [-0.3, -0.25) is 14.1 Å². The molecule has 2 atom stereocenters. The van der Waals surface area contributed by atoms with Crippen LogP contribution in [0.2, 0.25) is 0 Å². The van der Waals surface area contributed by atoms with E-state index in [1.807, 2.05) is 60.7 Å². The summed E-state index contributed by atoms with van der Waals surface area (Å²) in [4.78, 5) is 24.1. The number of hydrogen-bond donors (Lipinski definition) is 3. The number of carboxylic acids is 2. The standard InChI is InChI=1S/C24H30O7S/c25-22(26)21(17-8-7-15-19-11-3-1-4-12-19)24(23(27)28,32(29,30)31)18-10-9-16-20-13-5-2-6-14-20/h1-6,11-14,21H,7-10,15-18H2,(H,25,26)(H,27,28)(H,29,30,31). The molecule has 0 heterocycles. The average molecular weight is 463 g/mol. The summed E-state index contributed by atoms with van der Waals surface area (Å²) in [5.74, 6) is -5.11. The van der Waals surface area contributed by atoms with E-state index >= 15 is 0 Å². The molecule has 8 heteroatoms. The molecule has 0 amide bonds. The maximum Gasteiger partial charge on any atom is 0.328 e. The van der Waals surface area contributed by atoms with Gasteiger partial charge >= 0.3 is 11.9 Å². The summed E-state index contributed by atoms with van der Waals surface area (Å²) in [6, 6.07) is 18.9. The van der Waals surface area contributed by atoms with Gasteiger partial charge in [0.15, 0.2) is 0 Å². The van der Waals surface area contributed by atoms with Crippen molar-refractivity contribution in [2.75, 3.05) is 0 Å². The highest BCUT2D eigenvalue weighted by Crippen LogP contribution is 2.36. The first kappa shape index (κ1) is 25.5. The van der Waals surface area contributed by atoms with E-state index in [1.54, 1.807) is 0 Å². The van der Waals surface area contributed by atoms with E-state index in [0.29, 0.717) is 32.1 Å². The van der Waals surface area contributed by atoms with Crippen molar-refractivity contribution in [1.82, 2.24) is 0 Å². The molecular weight excluding hydrogens is 432 g/mol. The molecule has 2 rings (SSSR count). The van der Waals surface area contributed by atoms with Crippen LogP contribution < -0.4 is 0 Å². The lowest BCUT2D eigenvalue weighted by molar-refractivity contribution is -0.152. The molecule has 2 aromatic rings. The second-order valence-corrected chi connectivity index (χ2v) is 9.66. The number of benzene rings is 2. The third kappa shape index (κ3) is 6.64. The summed E-state index contributed by atoms with van der Waals surface area (Å²) in [5.41, 5.74) is 2.07. The molecule has 0 saturated heterocycles. The minimum atomic E-state index is -5.18. The Morgan fingerprint density at radius 3 is 1.66 bits per heavy atom. The van der Waals surface area contributed by atoms with Crippen LogP contribution in [0.1, 0.15) is 49.7 Å². The van der Waals surface area contributed by atoms with Gasteiger partial charge in [-0.1, -0.05) is 73.5 Å². The van der Waals surface area contributed by atoms with Crippen LogP contribution in [0.5, 0.6) is 0 Å². The molecule has 2 unspecified atom stereocenters. The summed E-state index contributed by atoms with van der Waals surface area (Å²) >= 11 is 0. The normalized spacial score (nSPS) is 14.4. The van der Waals surface area contributed by atoms with Crippen molar-refractivity contribution >= 4 is 22.1 Å². The van der Waals surface area contributed by atoms with Gasteiger partial charge in [-0.15, -0.1) is 0 Å². The van der Waals surface area contributed by atoms with E-state index in [0.717, 1.165) is 11.1 Å². The van der Waals surface area contributed by atoms with Gasteiger partial charge in [0.2, 0.25) is 4.75 Å². The topological polar surface area (TPSA) is 129 Å². The molecule has 0 aromatic heterocycles. The first-order valence-electron chi connectivity index (χ1n) is 10.7. The zero-order valence-electron chi connectivity index (χ0n) is 17.9. The molecule has 174 valence electrons. The molecule has 3 N–H and O–H groups in total. The summed E-state index contributed by atoms with van der Waals surface area (Å²) < 4.78 is 31.7. The van der Waals surface area contributed by atoms with Crippen LogP contribution in [0, 0.1) is 5.92 Å². The Bertz CT molecular complexity index is 974. The van der Waals surface area contributed by atoms with Crippen molar-refractivity contribution in [2.45, 2.75) is 56.1 Å². The molecule has 0 radical (unpaired) electrons. The molecule has 0 aliphatic rings. The Kier molecular flexibility index (Phi) is 9.41. The van der Waals surface area contributed by atoms with Crippen LogP contribution in [0.15, 0.2) is 60.7 Å². The summed E-state index contributed by atoms with van der Waals surface area (Å²) in [5, 5.41) is 19.6. The zero-order chi connectivity index (χ0) is 23.6. The van der Waals surface area contributed by atoms with E-state index in [9.17, 15) is 32.8 Å². The van der Waals surface area contributed by atoms with Gasteiger partial charge in [-0.05, 0) is 49.7 Å². The first-order valence-corrected chi connectivity index (χ1v) is 12.1. The quantitative estimate of drug-likeness (QED) is 0.283. The smallest absolute Gasteiger partial charge is 0.328 e. The Balaban J connectivity index is 2.11. The molecule has 0 fully saturated rings. The summed E-state index contributed by atoms with van der Waals surface area (Å²) in [7, 11) is -5.18. The number of unbranched alkanes of at least 4 members (excludes halogenated alkanes) is 2. The number of carbonyl (C=O) groups is 2. The lowest BCUT2D eigenvalue weighted by Crippen LogP contribution is -2.55. The minimum absolute atomic E-state index is 0.148. The summed E-state index contributed by atoms with van der Waals surface area (Å²) in [6.07, 6.45) is 2.14. The Hall–Kier alpha value is -2.71. The lowest BCUT2D eigenvalue weighted by atomic mass is 9.82. The van der Waals surface area contributed by atoms with Gasteiger partial charge in [-0.2, -0.15) is 8.42 Å². The minimum Gasteiger partial charge on any atom is -0.481 e. The predicted molar refractivity (Wildman–Crippen MR) is 121 cm³/mol. The van der Waals surface area contributed by atoms with Crippen LogP contribution in [-0.4, -0.2) is 39.9 Å². The van der Waals surface area contributed by atoms with Gasteiger partial charge in [0.05, 0.1) is 5.92 Å². The van der Waals surface area contributed by atoms with Crippen molar-refractivity contribution in [3.8, 4) is 0 Å². The Labute approximate surface area is 188 Å². The molecule has 0 aliphatic heterocycles. The van der Waals surface area contributed by atoms with Gasteiger partial charge in [0.1, 0.15) is 0 Å². The van der Waals surface area contributed by atoms with Gasteiger partial charge in [0.25, 0.3) is 10.1 Å². The average Bonchev–Trinajstić information content (AvgIpc) is 2.75. The van der Waals surface area contributed by atoms with Crippen LogP contribution in [0.4, 0.5) is 0 Å². The Morgan fingerprint density at radius 1 is 0.781 bits per heavy atom. The molecule has 2 aromatic carbocycles. The number of hydrogen-bond acceptors (Lipinski definition) is 4. The predicted octanol–water partition coefficient (Wildman–Crippen LogP) is 4.22. The van der Waals surface area contributed by atoms with Crippen molar-refractivity contribution < 1.29 is 32.8 Å². The fraction of sp³-hybridized carbons (Fsp3) is 0.417. The molecular formula is C24H30O7S. The molecule has 0 aliphatic carbocycles. The second-order valence-electron chi connectivity index (χ2n) is 7.98. The lowest BCUT2D eigenvalue weighted by Gasteiger charge is -2.32. The van der Waals surface area contributed by atoms with Gasteiger partial charge in [-0.25, -0.2) is 0 Å². The molecule has 0 bridgehead atoms. The fourth-order valence-corrected chi connectivity index (χ4v) is 5.29. The highest BCUT2D eigenvalue weighted by molar-refractivity contribution is 7.88. The zero-order valence-corrected chi connectivity index (χ0v) is 18.7. The van der Waals surface area contributed by atoms with E-state index in [1.165, 1.54) is 0 Å². The Morgan fingerprint density at radius 2 is 1.25 bits per heavy atom. The second kappa shape index (κ2) is 11.8. The number of aliphatic carboxylic acids is 2. The van der Waals surface area contributed by atoms with E-state index < -0.39 is 39.1 Å². The van der Waals surface area contributed by atoms with Crippen LogP contribution in [0.3, 0.4) is 0 Å². The highest BCUT2D eigenvalue weighted by Gasteiger charge is 2.58. The van der Waals surface area contributed by atoms with Crippen LogP contribution in [-0.2, 0) is 32.5 Å². The van der Waals surface area contributed by atoms with Crippen LogP contribution >= 0.6 is 0 Å². The van der Waals surface area contributed by atoms with E-state index in [2.05, 4.69) is 0 Å². The number of carboxylic acid groups (broad SMARTS) is 2. The monoisotopic (exact) mass is 462 g/mol. The maximum atomic E-state index is 12.3. The molecule has 0 saturated carbocycles. The van der Waals surface area contributed by atoms with E-state index in [-0.39, 0.29) is 12.8 Å². The largest absolute Gasteiger partial charge is 0.481 e. The van der Waals surface area contributed by atoms with Crippen LogP contribution in [0.25, 0.3) is 0 Å². The van der Waals surface area contributed by atoms with E-state index in [4.69, 9.17) is 0 Å². The SMILES string of the molecule is O=C(O)C(CCCCc1ccccc1)C(CCCCc1ccccc1)(C(=O)O)S(=O)(=O)O.